The molecule has 1 unspecified atom stereocenters. The maximum absolute atomic E-state index is 13.8. The average Bonchev–Trinajstić information content (AvgIpc) is 3.05. The van der Waals surface area contributed by atoms with Gasteiger partial charge in [-0.1, -0.05) is 95.8 Å². The fourth-order valence-corrected chi connectivity index (χ4v) is 7.95. The van der Waals surface area contributed by atoms with E-state index >= 15 is 0 Å². The van der Waals surface area contributed by atoms with Crippen LogP contribution in [0.2, 0.25) is 0 Å². The third-order valence-electron chi connectivity index (χ3n) is 6.49. The van der Waals surface area contributed by atoms with Gasteiger partial charge in [-0.3, -0.25) is 9.59 Å². The van der Waals surface area contributed by atoms with Crippen molar-refractivity contribution in [2.24, 2.45) is 0 Å². The highest BCUT2D eigenvalue weighted by Gasteiger charge is 2.36. The van der Waals surface area contributed by atoms with Gasteiger partial charge in [0, 0.05) is 29.0 Å². The monoisotopic (exact) mass is 482 g/mol. The number of carbonyl (C=O) groups excluding carboxylic acids is 2. The Morgan fingerprint density at radius 1 is 0.765 bits per heavy atom. The predicted octanol–water partition coefficient (Wildman–Crippen LogP) is 9.83. The van der Waals surface area contributed by atoms with Crippen LogP contribution in [-0.4, -0.2) is 11.6 Å². The van der Waals surface area contributed by atoms with Crippen LogP contribution < -0.4 is 0 Å². The number of hydrogen-bond donors (Lipinski definition) is 0. The van der Waals surface area contributed by atoms with Crippen LogP contribution in [0.5, 0.6) is 0 Å². The molecule has 0 aliphatic rings. The van der Waals surface area contributed by atoms with E-state index in [9.17, 15) is 9.59 Å². The van der Waals surface area contributed by atoms with Crippen LogP contribution in [0, 0.1) is 6.92 Å². The van der Waals surface area contributed by atoms with Gasteiger partial charge in [0.1, 0.15) is 0 Å². The average molecular weight is 483 g/mol. The van der Waals surface area contributed by atoms with Crippen LogP contribution in [-0.2, 0) is 16.2 Å². The number of benzene rings is 1. The smallest absolute Gasteiger partial charge is 0.167 e. The summed E-state index contributed by atoms with van der Waals surface area (Å²) in [6.45, 7) is 26.3. The zero-order valence-electron chi connectivity index (χ0n) is 23.8. The maximum atomic E-state index is 13.8. The molecule has 0 N–H and O–H groups in total. The molecule has 1 aromatic carbocycles. The van der Waals surface area contributed by atoms with Crippen LogP contribution in [0.4, 0.5) is 0 Å². The van der Waals surface area contributed by atoms with Crippen molar-refractivity contribution in [1.82, 2.24) is 0 Å². The number of aryl methyl sites for hydroxylation is 1. The van der Waals surface area contributed by atoms with E-state index in [1.165, 1.54) is 10.9 Å². The molecule has 188 valence electrons. The fourth-order valence-electron chi connectivity index (χ4n) is 4.87. The van der Waals surface area contributed by atoms with Gasteiger partial charge in [-0.15, -0.1) is 0 Å². The van der Waals surface area contributed by atoms with E-state index in [0.717, 1.165) is 40.4 Å². The minimum absolute atomic E-state index is 0.118. The molecule has 0 aliphatic carbocycles. The van der Waals surface area contributed by atoms with Crippen molar-refractivity contribution in [1.29, 1.82) is 0 Å². The lowest BCUT2D eigenvalue weighted by Crippen LogP contribution is -2.27. The molecule has 0 radical (unpaired) electrons. The predicted molar refractivity (Wildman–Crippen MR) is 150 cm³/mol. The molecule has 1 atom stereocenters. The molecule has 34 heavy (non-hydrogen) atoms. The zero-order chi connectivity index (χ0) is 26.2. The van der Waals surface area contributed by atoms with Crippen LogP contribution in [0.3, 0.4) is 0 Å². The molecule has 1 heterocycles. The third-order valence-corrected chi connectivity index (χ3v) is 8.97. The van der Waals surface area contributed by atoms with Crippen molar-refractivity contribution < 1.29 is 9.59 Å². The van der Waals surface area contributed by atoms with E-state index < -0.39 is 7.53 Å². The summed E-state index contributed by atoms with van der Waals surface area (Å²) in [4.78, 5) is 27.2. The molecule has 2 aromatic rings. The van der Waals surface area contributed by atoms with E-state index in [2.05, 4.69) is 101 Å². The summed E-state index contributed by atoms with van der Waals surface area (Å²) in [7, 11) is -0.965. The lowest BCUT2D eigenvalue weighted by Gasteiger charge is -2.36. The second-order valence-corrected chi connectivity index (χ2v) is 14.8. The lowest BCUT2D eigenvalue weighted by molar-refractivity contribution is 0.0972. The molecule has 3 heteroatoms. The van der Waals surface area contributed by atoms with Gasteiger partial charge in [0.05, 0.1) is 0 Å². The van der Waals surface area contributed by atoms with Crippen molar-refractivity contribution in [3.05, 3.63) is 51.0 Å². The summed E-state index contributed by atoms with van der Waals surface area (Å²) in [5.41, 5.74) is 5.07. The Labute approximate surface area is 210 Å². The standard InChI is InChI=1S/C31H47O2P/c1-13-15-23(32)25-21(29(4,5)6)19-22(30(7,8)9)28(26(25)31(10,11)12)34-18-17-20(3)27(34)24(33)16-14-2/h17-19H,13-16H2,1-12H3. The Kier molecular flexibility index (Phi) is 8.52. The van der Waals surface area contributed by atoms with Crippen molar-refractivity contribution >= 4 is 19.1 Å². The van der Waals surface area contributed by atoms with Gasteiger partial charge in [-0.2, -0.15) is 0 Å². The molecule has 0 aliphatic heterocycles. The molecule has 0 bridgehead atoms. The second kappa shape index (κ2) is 10.1. The zero-order valence-corrected chi connectivity index (χ0v) is 24.7. The van der Waals surface area contributed by atoms with Gasteiger partial charge in [-0.25, -0.2) is 0 Å². The molecule has 0 fully saturated rings. The number of hydrogen-bond acceptors (Lipinski definition) is 2. The van der Waals surface area contributed by atoms with Gasteiger partial charge in [0.15, 0.2) is 11.6 Å². The van der Waals surface area contributed by atoms with Gasteiger partial charge in [-0.05, 0) is 64.1 Å². The summed E-state index contributed by atoms with van der Waals surface area (Å²) < 4.78 is 0. The van der Waals surface area contributed by atoms with Gasteiger partial charge < -0.3 is 0 Å². The number of rotatable bonds is 7. The molecule has 1 aromatic heterocycles. The first-order valence-electron chi connectivity index (χ1n) is 12.9. The van der Waals surface area contributed by atoms with Gasteiger partial charge in [0.2, 0.25) is 0 Å². The van der Waals surface area contributed by atoms with Crippen LogP contribution in [0.15, 0.2) is 17.9 Å². The quantitative estimate of drug-likeness (QED) is 0.368. The van der Waals surface area contributed by atoms with Crippen LogP contribution >= 0.6 is 7.53 Å². The molecule has 0 amide bonds. The molecule has 2 nitrogen and oxygen atoms in total. The van der Waals surface area contributed by atoms with Crippen molar-refractivity contribution in [2.45, 2.75) is 125 Å². The Morgan fingerprint density at radius 3 is 1.71 bits per heavy atom. The summed E-state index contributed by atoms with van der Waals surface area (Å²) in [5, 5.41) is 2.22. The van der Waals surface area contributed by atoms with Crippen LogP contribution in [0.25, 0.3) is 5.30 Å². The van der Waals surface area contributed by atoms with E-state index in [1.54, 1.807) is 0 Å². The van der Waals surface area contributed by atoms with E-state index in [0.29, 0.717) is 12.8 Å². The molecular weight excluding hydrogens is 435 g/mol. The molecule has 0 saturated heterocycles. The highest BCUT2D eigenvalue weighted by Crippen LogP contribution is 2.56. The number of Topliss-reactive ketones (excluding diaryl/α,β-unsaturated/α-hetero) is 2. The number of ketones is 2. The van der Waals surface area contributed by atoms with Gasteiger partial charge >= 0.3 is 0 Å². The Morgan fingerprint density at radius 2 is 1.26 bits per heavy atom. The van der Waals surface area contributed by atoms with E-state index in [4.69, 9.17) is 0 Å². The number of carbonyl (C=O) groups is 2. The van der Waals surface area contributed by atoms with Crippen molar-refractivity contribution in [3.8, 4) is 5.30 Å². The highest BCUT2D eigenvalue weighted by atomic mass is 31.1. The second-order valence-electron chi connectivity index (χ2n) is 12.9. The summed E-state index contributed by atoms with van der Waals surface area (Å²) >= 11 is 0. The first kappa shape index (κ1) is 28.6. The summed E-state index contributed by atoms with van der Waals surface area (Å²) in [5.74, 6) is 2.76. The largest absolute Gasteiger partial charge is 0.294 e. The minimum Gasteiger partial charge on any atom is -0.294 e. The Balaban J connectivity index is 3.24. The van der Waals surface area contributed by atoms with E-state index in [-0.39, 0.29) is 27.8 Å². The Bertz CT molecular complexity index is 1060. The first-order valence-corrected chi connectivity index (χ1v) is 14.3. The molecule has 0 spiro atoms. The third kappa shape index (κ3) is 5.76. The minimum atomic E-state index is -0.965. The maximum Gasteiger partial charge on any atom is 0.167 e. The van der Waals surface area contributed by atoms with E-state index in [1.807, 2.05) is 0 Å². The molecule has 0 saturated carbocycles. The van der Waals surface area contributed by atoms with Crippen molar-refractivity contribution in [3.63, 3.8) is 0 Å². The Hall–Kier alpha value is -1.66. The SMILES string of the molecule is CCCC(=O)c1c(C(C)(C)C)cc(C(C)(C)C)c(-p2ccc(C)c2C(=O)CCC)c1C(C)(C)C. The summed E-state index contributed by atoms with van der Waals surface area (Å²) in [6.07, 6.45) is 2.80. The van der Waals surface area contributed by atoms with Crippen molar-refractivity contribution in [2.75, 3.05) is 0 Å². The summed E-state index contributed by atoms with van der Waals surface area (Å²) in [6, 6.07) is 4.46. The van der Waals surface area contributed by atoms with Crippen LogP contribution in [0.1, 0.15) is 145 Å². The molecular formula is C31H47O2P. The molecule has 2 rings (SSSR count). The lowest BCUT2D eigenvalue weighted by atomic mass is 9.71. The first-order chi connectivity index (χ1) is 15.5. The van der Waals surface area contributed by atoms with Gasteiger partial charge in [0.25, 0.3) is 0 Å². The fraction of sp³-hybridized carbons (Fsp3) is 0.613. The normalized spacial score (nSPS) is 13.4. The topological polar surface area (TPSA) is 34.1 Å². The highest BCUT2D eigenvalue weighted by molar-refractivity contribution is 7.58.